The minimum atomic E-state index is -0.792. The average Bonchev–Trinajstić information content (AvgIpc) is 3.36. The van der Waals surface area contributed by atoms with Crippen molar-refractivity contribution < 1.29 is 28.6 Å². The van der Waals surface area contributed by atoms with Crippen LogP contribution in [0.15, 0.2) is 109 Å². The maximum absolute atomic E-state index is 12.8. The standard InChI is InChI=1S/C64H106O6/c1-4-7-10-13-16-19-22-24-26-27-28-29-30-31-32-33-34-35-36-37-39-40-42-45-48-51-54-57-63(66)69-60-61(59-68-62(65)56-53-50-47-44-21-18-15-12-9-6-3)70-64(67)58-55-52-49-46-43-41-38-25-23-20-17-14-11-8-5-2/h7-8,10-12,15-17,19-20,24-26,28-29,31-32,38,61H,4-6,9,13-14,18,21-23,27,30,33-37,39-60H2,1-3H3/b10-7-,11-8-,15-12-,19-16-,20-17-,26-24-,29-28-,32-31-,38-25-. The largest absolute Gasteiger partial charge is 0.462 e. The number of allylic oxidation sites excluding steroid dienone is 18. The van der Waals surface area contributed by atoms with Gasteiger partial charge in [-0.1, -0.05) is 233 Å². The summed E-state index contributed by atoms with van der Waals surface area (Å²) in [5, 5.41) is 0. The van der Waals surface area contributed by atoms with E-state index in [0.29, 0.717) is 19.3 Å². The summed E-state index contributed by atoms with van der Waals surface area (Å²) in [6.45, 7) is 6.33. The molecule has 0 aromatic heterocycles. The quantitative estimate of drug-likeness (QED) is 0.0262. The molecule has 1 unspecified atom stereocenters. The van der Waals surface area contributed by atoms with E-state index in [0.717, 1.165) is 148 Å². The highest BCUT2D eigenvalue weighted by atomic mass is 16.6. The molecule has 0 aliphatic carbocycles. The molecule has 0 aliphatic rings. The Labute approximate surface area is 431 Å². The monoisotopic (exact) mass is 971 g/mol. The summed E-state index contributed by atoms with van der Waals surface area (Å²) < 4.78 is 16.8. The van der Waals surface area contributed by atoms with Gasteiger partial charge in [0.25, 0.3) is 0 Å². The maximum atomic E-state index is 12.8. The lowest BCUT2D eigenvalue weighted by molar-refractivity contribution is -0.167. The molecule has 0 aromatic carbocycles. The molecule has 0 spiro atoms. The van der Waals surface area contributed by atoms with Crippen LogP contribution in [0.1, 0.15) is 258 Å². The molecule has 1 atom stereocenters. The van der Waals surface area contributed by atoms with Crippen LogP contribution < -0.4 is 0 Å². The maximum Gasteiger partial charge on any atom is 0.306 e. The first-order valence-corrected chi connectivity index (χ1v) is 28.9. The van der Waals surface area contributed by atoms with Gasteiger partial charge in [0.2, 0.25) is 0 Å². The lowest BCUT2D eigenvalue weighted by Gasteiger charge is -2.18. The zero-order valence-corrected chi connectivity index (χ0v) is 45.5. The molecule has 70 heavy (non-hydrogen) atoms. The van der Waals surface area contributed by atoms with Gasteiger partial charge in [0.05, 0.1) is 0 Å². The molecule has 6 nitrogen and oxygen atoms in total. The molecule has 0 saturated heterocycles. The predicted molar refractivity (Wildman–Crippen MR) is 302 cm³/mol. The van der Waals surface area contributed by atoms with Gasteiger partial charge in [-0.05, 0) is 116 Å². The van der Waals surface area contributed by atoms with Crippen LogP contribution in [-0.2, 0) is 28.6 Å². The van der Waals surface area contributed by atoms with Crippen molar-refractivity contribution in [3.8, 4) is 0 Å². The molecule has 0 amide bonds. The van der Waals surface area contributed by atoms with E-state index < -0.39 is 6.10 Å². The third-order valence-corrected chi connectivity index (χ3v) is 12.0. The Morgan fingerprint density at radius 1 is 0.300 bits per heavy atom. The second kappa shape index (κ2) is 57.6. The van der Waals surface area contributed by atoms with Gasteiger partial charge in [-0.15, -0.1) is 0 Å². The van der Waals surface area contributed by atoms with Crippen LogP contribution in [0, 0.1) is 0 Å². The number of rotatable bonds is 51. The number of carbonyl (C=O) groups excluding carboxylic acids is 3. The number of esters is 3. The van der Waals surface area contributed by atoms with Gasteiger partial charge in [0.1, 0.15) is 13.2 Å². The van der Waals surface area contributed by atoms with E-state index >= 15 is 0 Å². The van der Waals surface area contributed by atoms with Crippen LogP contribution in [0.3, 0.4) is 0 Å². The molecule has 398 valence electrons. The fraction of sp³-hybridized carbons (Fsp3) is 0.672. The number of ether oxygens (including phenoxy) is 3. The summed E-state index contributed by atoms with van der Waals surface area (Å²) in [7, 11) is 0. The first kappa shape index (κ1) is 66.1. The van der Waals surface area contributed by atoms with Crippen LogP contribution in [-0.4, -0.2) is 37.2 Å². The first-order valence-electron chi connectivity index (χ1n) is 28.9. The van der Waals surface area contributed by atoms with Crippen LogP contribution in [0.4, 0.5) is 0 Å². The Kier molecular flexibility index (Phi) is 54.4. The summed E-state index contributed by atoms with van der Waals surface area (Å²) >= 11 is 0. The number of hydrogen-bond acceptors (Lipinski definition) is 6. The summed E-state index contributed by atoms with van der Waals surface area (Å²) in [6, 6.07) is 0. The van der Waals surface area contributed by atoms with Crippen LogP contribution >= 0.6 is 0 Å². The Morgan fingerprint density at radius 3 is 0.886 bits per heavy atom. The predicted octanol–water partition coefficient (Wildman–Crippen LogP) is 19.5. The van der Waals surface area contributed by atoms with E-state index in [4.69, 9.17) is 14.2 Å². The summed E-state index contributed by atoms with van der Waals surface area (Å²) in [4.78, 5) is 38.1. The number of hydrogen-bond donors (Lipinski definition) is 0. The number of carbonyl (C=O) groups is 3. The fourth-order valence-electron chi connectivity index (χ4n) is 7.72. The fourth-order valence-corrected chi connectivity index (χ4v) is 7.72. The summed E-state index contributed by atoms with van der Waals surface area (Å²) in [5.41, 5.74) is 0. The van der Waals surface area contributed by atoms with E-state index in [9.17, 15) is 14.4 Å². The van der Waals surface area contributed by atoms with Crippen LogP contribution in [0.25, 0.3) is 0 Å². The molecule has 0 bridgehead atoms. The lowest BCUT2D eigenvalue weighted by Crippen LogP contribution is -2.30. The minimum Gasteiger partial charge on any atom is -0.462 e. The Balaban J connectivity index is 4.25. The molecule has 6 heteroatoms. The topological polar surface area (TPSA) is 78.9 Å². The number of unbranched alkanes of at least 4 members (excludes halogenated alkanes) is 22. The SMILES string of the molecule is CC/C=C\C/C=C\C/C=C\C/C=C\C/C=C\CCCCCCCCCCCCCC(=O)OCC(COC(=O)CCCCCCC/C=C\CCC)OC(=O)CCCCCCC/C=C\C/C=C\C/C=C\CC. The highest BCUT2D eigenvalue weighted by Gasteiger charge is 2.19. The average molecular weight is 972 g/mol. The van der Waals surface area contributed by atoms with Crippen molar-refractivity contribution in [1.82, 2.24) is 0 Å². The van der Waals surface area contributed by atoms with Crippen molar-refractivity contribution in [2.75, 3.05) is 13.2 Å². The van der Waals surface area contributed by atoms with Crippen LogP contribution in [0.2, 0.25) is 0 Å². The van der Waals surface area contributed by atoms with Crippen molar-refractivity contribution in [3.05, 3.63) is 109 Å². The lowest BCUT2D eigenvalue weighted by atomic mass is 10.0. The zero-order chi connectivity index (χ0) is 50.7. The zero-order valence-electron chi connectivity index (χ0n) is 45.5. The highest BCUT2D eigenvalue weighted by molar-refractivity contribution is 5.71. The van der Waals surface area contributed by atoms with Crippen molar-refractivity contribution in [2.45, 2.75) is 264 Å². The smallest absolute Gasteiger partial charge is 0.306 e. The Morgan fingerprint density at radius 2 is 0.557 bits per heavy atom. The van der Waals surface area contributed by atoms with Gasteiger partial charge in [0, 0.05) is 19.3 Å². The van der Waals surface area contributed by atoms with E-state index in [1.165, 1.54) is 70.6 Å². The Bertz CT molecular complexity index is 1440. The van der Waals surface area contributed by atoms with Crippen molar-refractivity contribution in [3.63, 3.8) is 0 Å². The third-order valence-electron chi connectivity index (χ3n) is 12.0. The van der Waals surface area contributed by atoms with Gasteiger partial charge >= 0.3 is 17.9 Å². The molecular formula is C64H106O6. The van der Waals surface area contributed by atoms with Crippen molar-refractivity contribution in [1.29, 1.82) is 0 Å². The second-order valence-electron chi connectivity index (χ2n) is 18.8. The third kappa shape index (κ3) is 55.0. The van der Waals surface area contributed by atoms with E-state index in [1.807, 2.05) is 0 Å². The summed E-state index contributed by atoms with van der Waals surface area (Å²) in [5.74, 6) is -0.921. The molecule has 0 fully saturated rings. The van der Waals surface area contributed by atoms with Crippen molar-refractivity contribution in [2.24, 2.45) is 0 Å². The van der Waals surface area contributed by atoms with Gasteiger partial charge < -0.3 is 14.2 Å². The van der Waals surface area contributed by atoms with Crippen LogP contribution in [0.5, 0.6) is 0 Å². The van der Waals surface area contributed by atoms with Gasteiger partial charge in [-0.3, -0.25) is 14.4 Å². The molecule has 0 aromatic rings. The molecule has 0 N–H and O–H groups in total. The van der Waals surface area contributed by atoms with Gasteiger partial charge in [-0.2, -0.15) is 0 Å². The normalized spacial score (nSPS) is 12.9. The van der Waals surface area contributed by atoms with Gasteiger partial charge in [0.15, 0.2) is 6.10 Å². The van der Waals surface area contributed by atoms with Gasteiger partial charge in [-0.25, -0.2) is 0 Å². The van der Waals surface area contributed by atoms with E-state index in [1.54, 1.807) is 0 Å². The highest BCUT2D eigenvalue weighted by Crippen LogP contribution is 2.15. The molecule has 0 radical (unpaired) electrons. The molecule has 0 saturated carbocycles. The summed E-state index contributed by atoms with van der Waals surface area (Å²) in [6.07, 6.45) is 78.1. The molecule has 0 aliphatic heterocycles. The second-order valence-corrected chi connectivity index (χ2v) is 18.8. The minimum absolute atomic E-state index is 0.0901. The molecular weight excluding hydrogens is 865 g/mol. The van der Waals surface area contributed by atoms with Crippen molar-refractivity contribution >= 4 is 17.9 Å². The molecule has 0 rings (SSSR count). The Hall–Kier alpha value is -3.93. The molecule has 0 heterocycles. The van der Waals surface area contributed by atoms with E-state index in [-0.39, 0.29) is 31.1 Å². The van der Waals surface area contributed by atoms with E-state index in [2.05, 4.69) is 130 Å². The first-order chi connectivity index (χ1) is 34.5.